The number of aliphatic carboxylic acids is 2. The second kappa shape index (κ2) is 28.2. The number of aliphatic hydroxyl groups is 8. The van der Waals surface area contributed by atoms with Gasteiger partial charge in [0.15, 0.2) is 25.2 Å². The van der Waals surface area contributed by atoms with Gasteiger partial charge in [0.05, 0.1) is 26.4 Å². The summed E-state index contributed by atoms with van der Waals surface area (Å²) in [6.45, 7) is -0.958. The fourth-order valence-corrected chi connectivity index (χ4v) is 7.55. The zero-order chi connectivity index (χ0) is 48.4. The van der Waals surface area contributed by atoms with Crippen molar-refractivity contribution in [1.82, 2.24) is 10.6 Å². The van der Waals surface area contributed by atoms with Crippen LogP contribution < -0.4 is 80.0 Å². The normalized spacial score (nSPS) is 39.3. The van der Waals surface area contributed by atoms with Crippen LogP contribution in [0.4, 0.5) is 0 Å². The molecule has 4 aliphatic heterocycles. The van der Waals surface area contributed by atoms with Crippen LogP contribution in [0.1, 0.15) is 27.7 Å². The summed E-state index contributed by atoms with van der Waals surface area (Å²) in [6.07, 6.45) is -28.8. The fraction of sp³-hybridized carbons (Fsp3) is 0.833. The van der Waals surface area contributed by atoms with Gasteiger partial charge in [0.2, 0.25) is 11.8 Å². The van der Waals surface area contributed by atoms with E-state index in [-0.39, 0.29) is 59.1 Å². The van der Waals surface area contributed by atoms with Crippen LogP contribution in [0.5, 0.6) is 0 Å². The van der Waals surface area contributed by atoms with Gasteiger partial charge in [-0.05, 0) is 25.6 Å². The topological polar surface area (TPSA) is 449 Å². The van der Waals surface area contributed by atoms with Gasteiger partial charge in [-0.3, -0.25) is 19.6 Å². The standard InChI is InChI=1S/C36H58N4O25.2Na/c1-11(43)37-21-27(53)30(15(5-41)59-33(21)56)63-36-24(40-14(4)46)29(55)32(18(62-36)8-58-10-20(49)50)65-35-23(39-13(3)45)28(54)31(16(6-42)60-35)64-34-22(38-12(2)44)26(52)25(51)17(61-34)7-57-9-19(47)48;;/h15-18,21-36,41-42,51-56H,5-10H2,1-4H3,(H,37,43)(H,38,44)(H,39,45)(H,40,46)(H,47,48)(H,49,50);;/q;2*+1/p-2/t15-,16-,17-,18-,21-,22-,23-,24-,25-,26-,27-,28-,29-,30-,31-,32-,33?,34+,35+,36+;;/m1../s1. The Bertz CT molecular complexity index is 1670. The average molecular weight is 991 g/mol. The second-order valence-electron chi connectivity index (χ2n) is 15.4. The molecule has 372 valence electrons. The maximum absolute atomic E-state index is 12.6. The molecule has 31 heteroatoms. The van der Waals surface area contributed by atoms with Gasteiger partial charge in [-0.25, -0.2) is 9.59 Å². The molecule has 4 saturated heterocycles. The number of aliphatic imine (C=N–C) groups is 2. The molecule has 4 heterocycles. The van der Waals surface area contributed by atoms with Crippen LogP contribution in [-0.4, -0.2) is 249 Å². The number of carbonyl (C=O) groups is 4. The molecule has 0 aromatic heterocycles. The first-order chi connectivity index (χ1) is 30.6. The van der Waals surface area contributed by atoms with Crippen molar-refractivity contribution in [2.75, 3.05) is 39.6 Å². The Labute approximate surface area is 425 Å². The van der Waals surface area contributed by atoms with Gasteiger partial charge < -0.3 is 115 Å². The van der Waals surface area contributed by atoms with Crippen molar-refractivity contribution in [1.29, 1.82) is 0 Å². The maximum Gasteiger partial charge on any atom is 1.00 e. The summed E-state index contributed by atoms with van der Waals surface area (Å²) in [4.78, 5) is 54.9. The Morgan fingerprint density at radius 2 is 0.925 bits per heavy atom. The molecular formula is C36H56N4Na2O25. The summed E-state index contributed by atoms with van der Waals surface area (Å²) in [5, 5.41) is 135. The average Bonchev–Trinajstić information content (AvgIpc) is 3.21. The van der Waals surface area contributed by atoms with Crippen LogP contribution >= 0.6 is 0 Å². The maximum atomic E-state index is 12.6. The first-order valence-electron chi connectivity index (χ1n) is 20.0. The van der Waals surface area contributed by atoms with E-state index in [1.54, 1.807) is 0 Å². The predicted octanol–water partition coefficient (Wildman–Crippen LogP) is -15.7. The summed E-state index contributed by atoms with van der Waals surface area (Å²) >= 11 is 0. The molecule has 0 spiro atoms. The zero-order valence-electron chi connectivity index (χ0n) is 37.3. The van der Waals surface area contributed by atoms with E-state index in [4.69, 9.17) is 47.7 Å². The van der Waals surface area contributed by atoms with Crippen molar-refractivity contribution < 1.29 is 182 Å². The van der Waals surface area contributed by atoms with Gasteiger partial charge >= 0.3 is 71.1 Å². The van der Waals surface area contributed by atoms with E-state index in [9.17, 15) is 75.3 Å². The molecule has 20 atom stereocenters. The van der Waals surface area contributed by atoms with Crippen molar-refractivity contribution in [2.24, 2.45) is 9.98 Å². The van der Waals surface area contributed by atoms with E-state index in [1.165, 1.54) is 0 Å². The molecule has 0 aromatic rings. The van der Waals surface area contributed by atoms with Crippen LogP contribution in [0.25, 0.3) is 0 Å². The number of carboxylic acids is 2. The van der Waals surface area contributed by atoms with E-state index < -0.39 is 198 Å². The fourth-order valence-electron chi connectivity index (χ4n) is 7.55. The minimum atomic E-state index is -2.01. The molecule has 67 heavy (non-hydrogen) atoms. The van der Waals surface area contributed by atoms with Crippen molar-refractivity contribution in [3.63, 3.8) is 0 Å². The van der Waals surface area contributed by atoms with Crippen LogP contribution in [-0.2, 0) is 61.8 Å². The molecule has 4 rings (SSSR count). The SMILES string of the molecule is CC(=O)N[C@H]1[C@H](O[C@H]2[C@H](O)[C@@H](NC(C)=O)[C@H](O[C@H]3[C@H](O)[C@@H](N=C(C)[O-])C(O)O[C@@H]3CO)O[C@@H]2COCC(=O)O)O[C@H](CO)[C@@H](O[C@@H]2O[C@H](COCC(=O)O)[C@@H](O)[C@H](O)[C@H]2N=C(C)[O-])[C@@H]1O.[Na+].[Na+]. The third-order valence-corrected chi connectivity index (χ3v) is 10.3. The summed E-state index contributed by atoms with van der Waals surface area (Å²) < 4.78 is 51.4. The van der Waals surface area contributed by atoms with E-state index in [2.05, 4.69) is 20.6 Å². The van der Waals surface area contributed by atoms with Crippen LogP contribution in [0.3, 0.4) is 0 Å². The Balaban J connectivity index is 0.00000771. The molecular weight excluding hydrogens is 934 g/mol. The van der Waals surface area contributed by atoms with Gasteiger partial charge in [0.25, 0.3) is 0 Å². The number of nitrogens with zero attached hydrogens (tertiary/aromatic N) is 2. The molecule has 4 fully saturated rings. The van der Waals surface area contributed by atoms with Gasteiger partial charge in [-0.15, -0.1) is 0 Å². The van der Waals surface area contributed by atoms with Crippen molar-refractivity contribution >= 4 is 35.5 Å². The smallest absolute Gasteiger partial charge is 0.862 e. The van der Waals surface area contributed by atoms with Crippen LogP contribution in [0.15, 0.2) is 9.98 Å². The summed E-state index contributed by atoms with van der Waals surface area (Å²) in [6, 6.07) is -6.78. The van der Waals surface area contributed by atoms with E-state index in [1.807, 2.05) is 0 Å². The van der Waals surface area contributed by atoms with Crippen molar-refractivity contribution in [3.05, 3.63) is 0 Å². The largest absolute Gasteiger partial charge is 1.00 e. The number of carboxylic acid groups (broad SMARTS) is 2. The Hall–Kier alpha value is -1.86. The van der Waals surface area contributed by atoms with Gasteiger partial charge in [-0.2, -0.15) is 0 Å². The molecule has 0 radical (unpaired) electrons. The van der Waals surface area contributed by atoms with Gasteiger partial charge in [0.1, 0.15) is 111 Å². The molecule has 0 aromatic carbocycles. The number of aliphatic hydroxyl groups excluding tert-OH is 8. The third-order valence-electron chi connectivity index (χ3n) is 10.3. The summed E-state index contributed by atoms with van der Waals surface area (Å²) in [5.74, 6) is -6.15. The first-order valence-corrected chi connectivity index (χ1v) is 20.0. The van der Waals surface area contributed by atoms with Crippen molar-refractivity contribution in [3.8, 4) is 0 Å². The Kier molecular flexibility index (Phi) is 25.8. The monoisotopic (exact) mass is 990 g/mol. The quantitative estimate of drug-likeness (QED) is 0.0306. The summed E-state index contributed by atoms with van der Waals surface area (Å²) in [7, 11) is 0. The third kappa shape index (κ3) is 16.6. The molecule has 4 aliphatic rings. The number of hydrogen-bond donors (Lipinski definition) is 12. The molecule has 29 nitrogen and oxygen atoms in total. The minimum Gasteiger partial charge on any atom is -0.862 e. The van der Waals surface area contributed by atoms with E-state index in [0.29, 0.717) is 0 Å². The number of nitrogens with one attached hydrogen (secondary N) is 2. The van der Waals surface area contributed by atoms with E-state index >= 15 is 0 Å². The number of carbonyl (C=O) groups excluding carboxylic acids is 2. The summed E-state index contributed by atoms with van der Waals surface area (Å²) in [5.41, 5.74) is 0. The number of amides is 2. The molecule has 0 bridgehead atoms. The van der Waals surface area contributed by atoms with Gasteiger partial charge in [0, 0.05) is 13.8 Å². The predicted molar refractivity (Wildman–Crippen MR) is 202 cm³/mol. The number of hydrogen-bond acceptors (Lipinski definition) is 25. The Morgan fingerprint density at radius 1 is 0.537 bits per heavy atom. The molecule has 12 N–H and O–H groups in total. The zero-order valence-corrected chi connectivity index (χ0v) is 41.3. The minimum absolute atomic E-state index is 0. The second-order valence-corrected chi connectivity index (χ2v) is 15.4. The number of ether oxygens (including phenoxy) is 9. The van der Waals surface area contributed by atoms with Gasteiger partial charge in [-0.1, -0.05) is 0 Å². The molecule has 2 amide bonds. The first kappa shape index (κ1) is 61.3. The Morgan fingerprint density at radius 3 is 1.37 bits per heavy atom. The molecule has 1 unspecified atom stereocenters. The molecule has 0 saturated carbocycles. The van der Waals surface area contributed by atoms with Crippen LogP contribution in [0.2, 0.25) is 0 Å². The molecule has 0 aliphatic carbocycles. The number of rotatable bonds is 20. The van der Waals surface area contributed by atoms with Crippen LogP contribution in [0, 0.1) is 0 Å². The van der Waals surface area contributed by atoms with E-state index in [0.717, 1.165) is 27.7 Å². The van der Waals surface area contributed by atoms with Crippen molar-refractivity contribution in [2.45, 2.75) is 150 Å².